The third-order valence-corrected chi connectivity index (χ3v) is 16.4. The number of ether oxygens (including phenoxy) is 1. The van der Waals surface area contributed by atoms with Crippen molar-refractivity contribution < 1.29 is 33.8 Å². The van der Waals surface area contributed by atoms with Gasteiger partial charge in [0.2, 0.25) is 0 Å². The smallest absolute Gasteiger partial charge is 0.410 e. The van der Waals surface area contributed by atoms with E-state index in [0.29, 0.717) is 31.8 Å². The highest BCUT2D eigenvalue weighted by Gasteiger charge is 2.27. The average molecular weight is 1240 g/mol. The number of allylic oxidation sites excluding steroid dienone is 4. The van der Waals surface area contributed by atoms with E-state index in [9.17, 15) is 38.7 Å². The molecule has 3 saturated heterocycles. The zero-order chi connectivity index (χ0) is 64.6. The fourth-order valence-electron chi connectivity index (χ4n) is 11.2. The van der Waals surface area contributed by atoms with Gasteiger partial charge in [0.05, 0.1) is 22.8 Å². The number of amides is 1. The Morgan fingerprint density at radius 1 is 0.511 bits per heavy atom. The van der Waals surface area contributed by atoms with Gasteiger partial charge in [0.15, 0.2) is 23.1 Å². The van der Waals surface area contributed by atoms with Crippen molar-refractivity contribution in [2.75, 3.05) is 80.1 Å². The molecule has 3 fully saturated rings. The zero-order valence-corrected chi connectivity index (χ0v) is 52.1. The minimum absolute atomic E-state index is 0.111. The summed E-state index contributed by atoms with van der Waals surface area (Å²) in [5, 5.41) is 13.0. The van der Waals surface area contributed by atoms with Crippen molar-refractivity contribution in [3.05, 3.63) is 243 Å². The van der Waals surface area contributed by atoms with E-state index in [1.165, 1.54) is 5.69 Å². The second-order valence-electron chi connectivity index (χ2n) is 24.0. The van der Waals surface area contributed by atoms with Gasteiger partial charge in [0, 0.05) is 158 Å². The Hall–Kier alpha value is -10.2. The van der Waals surface area contributed by atoms with Gasteiger partial charge in [-0.3, -0.25) is 43.7 Å². The molecule has 4 aliphatic rings. The monoisotopic (exact) mass is 1240 g/mol. The molecule has 5 aromatic heterocycles. The number of benzene rings is 3. The van der Waals surface area contributed by atoms with Crippen molar-refractivity contribution >= 4 is 51.9 Å². The summed E-state index contributed by atoms with van der Waals surface area (Å²) in [4.78, 5) is 113. The normalized spacial score (nSPS) is 15.2. The summed E-state index contributed by atoms with van der Waals surface area (Å²) in [5.41, 5.74) is 10.4. The van der Waals surface area contributed by atoms with Crippen LogP contribution in [0.15, 0.2) is 198 Å². The third-order valence-electron chi connectivity index (χ3n) is 16.4. The number of aliphatic hydroxyl groups excluding tert-OH is 1. The number of rotatable bonds is 15. The number of nitrogens with zero attached hydrogens (tertiary/aromatic N) is 7. The highest BCUT2D eigenvalue weighted by atomic mass is 16.6. The van der Waals surface area contributed by atoms with Crippen molar-refractivity contribution in [2.45, 2.75) is 71.0 Å². The molecule has 12 rings (SSSR count). The van der Waals surface area contributed by atoms with Gasteiger partial charge in [-0.15, -0.1) is 0 Å². The number of hydrogen-bond acceptors (Lipinski definition) is 16. The molecule has 1 aliphatic carbocycles. The molecule has 92 heavy (non-hydrogen) atoms. The van der Waals surface area contributed by atoms with Crippen LogP contribution in [0.1, 0.15) is 83.0 Å². The number of Topliss-reactive ketones (excluding diaryl/α,β-unsaturated/α-hetero) is 4. The summed E-state index contributed by atoms with van der Waals surface area (Å²) in [6.07, 6.45) is 18.8. The number of hydrogen-bond donors (Lipinski definition) is 4. The number of piperidine rings is 1. The summed E-state index contributed by atoms with van der Waals surface area (Å²) >= 11 is 0. The van der Waals surface area contributed by atoms with E-state index in [1.807, 2.05) is 124 Å². The van der Waals surface area contributed by atoms with Crippen LogP contribution in [0.25, 0.3) is 27.8 Å². The van der Waals surface area contributed by atoms with Gasteiger partial charge in [-0.05, 0) is 175 Å². The molecule has 0 bridgehead atoms. The van der Waals surface area contributed by atoms with Gasteiger partial charge >= 0.3 is 6.09 Å². The quantitative estimate of drug-likeness (QED) is 0.0552. The van der Waals surface area contributed by atoms with Crippen LogP contribution in [-0.4, -0.2) is 141 Å². The lowest BCUT2D eigenvalue weighted by Gasteiger charge is -2.36. The summed E-state index contributed by atoms with van der Waals surface area (Å²) in [6.45, 7) is 13.8. The molecule has 0 unspecified atom stereocenters. The molecule has 19 nitrogen and oxygen atoms in total. The molecule has 3 aliphatic heterocycles. The molecule has 0 spiro atoms. The fourth-order valence-corrected chi connectivity index (χ4v) is 11.2. The Bertz CT molecular complexity index is 4030. The molecule has 8 heterocycles. The molecule has 472 valence electrons. The molecule has 0 atom stereocenters. The standard InChI is InChI=1S/C27H30N4O4.C23H23N3O3.C23H23N3O2/c1-27(2,3)35-26(34)31-14-12-30(13-15-31)22-6-4-19(5-7-22)16-24(32)23-17-21(18-29-25(23)33)20-8-10-28-11-9-20;27-20-7-11-26(12-8-20)19-3-1-16(2-4-19)13-22(28)21-14-18(15-25-23(21)29)17-5-9-24-10-6-17;27-22-6-3-19(18-7-9-24-10-8-18)16-21(22)23(28)15-17-1-4-20(5-2-17)26-13-11-25-12-14-26/h4-11,17-18H,12-16H2,1-3H3,(H,29,33);1-6,9-10,14-15,20,27H,7-8,11-13H2,(H,25,29);1-5,7-10,16,25H,6,11-15H2. The van der Waals surface area contributed by atoms with E-state index >= 15 is 0 Å². The first-order valence-electron chi connectivity index (χ1n) is 31.1. The maximum absolute atomic E-state index is 12.9. The Kier molecular flexibility index (Phi) is 21.5. The van der Waals surface area contributed by atoms with Crippen LogP contribution in [0.3, 0.4) is 0 Å². The van der Waals surface area contributed by atoms with E-state index in [-0.39, 0.29) is 77.7 Å². The molecule has 19 heteroatoms. The first-order chi connectivity index (χ1) is 44.5. The van der Waals surface area contributed by atoms with Gasteiger partial charge in [0.25, 0.3) is 11.1 Å². The Morgan fingerprint density at radius 2 is 0.913 bits per heavy atom. The third kappa shape index (κ3) is 17.6. The number of aliphatic hydroxyl groups is 1. The number of carbonyl (C=O) groups is 5. The van der Waals surface area contributed by atoms with E-state index in [1.54, 1.807) is 72.7 Å². The largest absolute Gasteiger partial charge is 0.444 e. The first-order valence-corrected chi connectivity index (χ1v) is 31.1. The highest BCUT2D eigenvalue weighted by Crippen LogP contribution is 2.27. The van der Waals surface area contributed by atoms with Gasteiger partial charge in [-0.1, -0.05) is 42.5 Å². The summed E-state index contributed by atoms with van der Waals surface area (Å²) in [5.74, 6) is -0.684. The lowest BCUT2D eigenvalue weighted by Crippen LogP contribution is -2.50. The van der Waals surface area contributed by atoms with Crippen molar-refractivity contribution in [1.29, 1.82) is 0 Å². The summed E-state index contributed by atoms with van der Waals surface area (Å²) in [7, 11) is 0. The van der Waals surface area contributed by atoms with Gasteiger partial charge in [-0.2, -0.15) is 0 Å². The van der Waals surface area contributed by atoms with Crippen LogP contribution in [0, 0.1) is 0 Å². The number of aromatic amines is 2. The number of ketones is 4. The second-order valence-corrected chi connectivity index (χ2v) is 24.0. The molecular weight excluding hydrogens is 1160 g/mol. The topological polar surface area (TPSA) is 244 Å². The predicted octanol–water partition coefficient (Wildman–Crippen LogP) is 9.33. The SMILES string of the molecule is CC(C)(C)OC(=O)N1CCN(c2ccc(CC(=O)c3cc(-c4ccncc4)c[nH]c3=O)cc2)CC1.O=C(Cc1ccc(N2CCC(O)CC2)cc1)c1cc(-c2ccncc2)c[nH]c1=O.O=C1CC=C(c2ccncc2)C=C1C(=O)Cc1ccc(N2CCNCC2)cc1. The van der Waals surface area contributed by atoms with Crippen LogP contribution in [-0.2, 0) is 33.6 Å². The molecule has 0 radical (unpaired) electrons. The van der Waals surface area contributed by atoms with Crippen LogP contribution in [0.2, 0.25) is 0 Å². The predicted molar refractivity (Wildman–Crippen MR) is 357 cm³/mol. The number of aromatic nitrogens is 5. The maximum atomic E-state index is 12.9. The summed E-state index contributed by atoms with van der Waals surface area (Å²) in [6, 6.07) is 38.1. The molecule has 8 aromatic rings. The minimum Gasteiger partial charge on any atom is -0.444 e. The number of carbonyl (C=O) groups excluding carboxylic acids is 5. The number of piperazine rings is 2. The Labute approximate surface area is 534 Å². The van der Waals surface area contributed by atoms with E-state index in [4.69, 9.17) is 4.74 Å². The Morgan fingerprint density at radius 3 is 1.35 bits per heavy atom. The number of nitrogens with one attached hydrogen (secondary N) is 3. The molecule has 1 amide bonds. The van der Waals surface area contributed by atoms with E-state index in [0.717, 1.165) is 114 Å². The number of anilines is 3. The molecular formula is C73H76N10O9. The number of H-pyrrole nitrogens is 2. The zero-order valence-electron chi connectivity index (χ0n) is 52.1. The van der Waals surface area contributed by atoms with Crippen LogP contribution < -0.4 is 31.1 Å². The highest BCUT2D eigenvalue weighted by molar-refractivity contribution is 6.23. The van der Waals surface area contributed by atoms with Crippen molar-refractivity contribution in [2.24, 2.45) is 0 Å². The molecule has 3 aromatic carbocycles. The van der Waals surface area contributed by atoms with E-state index in [2.05, 4.69) is 57.1 Å². The van der Waals surface area contributed by atoms with E-state index < -0.39 is 11.2 Å². The van der Waals surface area contributed by atoms with Crippen LogP contribution in [0.4, 0.5) is 21.9 Å². The lowest BCUT2D eigenvalue weighted by molar-refractivity contribution is -0.120. The van der Waals surface area contributed by atoms with Crippen molar-refractivity contribution in [3.8, 4) is 22.3 Å². The Balaban J connectivity index is 0.000000152. The lowest BCUT2D eigenvalue weighted by atomic mass is 9.90. The maximum Gasteiger partial charge on any atom is 0.410 e. The van der Waals surface area contributed by atoms with Gasteiger partial charge in [0.1, 0.15) is 5.60 Å². The average Bonchev–Trinajstić information content (AvgIpc) is 1.16. The van der Waals surface area contributed by atoms with Gasteiger partial charge < -0.3 is 44.7 Å². The molecule has 0 saturated carbocycles. The van der Waals surface area contributed by atoms with Crippen LogP contribution >= 0.6 is 0 Å². The minimum atomic E-state index is -0.507. The van der Waals surface area contributed by atoms with Gasteiger partial charge in [-0.25, -0.2) is 4.79 Å². The first kappa shape index (κ1) is 64.7. The molecule has 4 N–H and O–H groups in total. The second kappa shape index (κ2) is 30.5. The van der Waals surface area contributed by atoms with Crippen LogP contribution in [0.5, 0.6) is 0 Å². The number of pyridine rings is 5. The van der Waals surface area contributed by atoms with Crippen molar-refractivity contribution in [1.82, 2.24) is 35.1 Å². The fraction of sp³-hybridized carbons (Fsp3) is 0.288. The summed E-state index contributed by atoms with van der Waals surface area (Å²) < 4.78 is 5.46. The van der Waals surface area contributed by atoms with Crippen molar-refractivity contribution in [3.63, 3.8) is 0 Å².